The van der Waals surface area contributed by atoms with E-state index in [1.165, 1.54) is 37.2 Å². The molecule has 0 aliphatic carbocycles. The van der Waals surface area contributed by atoms with Gasteiger partial charge in [0.15, 0.2) is 0 Å². The molecular formula is C10H23N2+. The highest BCUT2D eigenvalue weighted by Gasteiger charge is 2.27. The van der Waals surface area contributed by atoms with Gasteiger partial charge < -0.3 is 4.48 Å². The number of hydrogen-bond donors (Lipinski definition) is 0. The van der Waals surface area contributed by atoms with Crippen LogP contribution in [0.2, 0.25) is 0 Å². The van der Waals surface area contributed by atoms with E-state index in [1.807, 2.05) is 0 Å². The lowest BCUT2D eigenvalue weighted by atomic mass is 10.2. The average Bonchev–Trinajstić information content (AvgIpc) is 2.05. The number of likely N-dealkylation sites (N-methyl/N-ethyl adjacent to an activating group) is 1. The molecule has 0 aromatic rings. The molecule has 0 radical (unpaired) electrons. The lowest BCUT2D eigenvalue weighted by molar-refractivity contribution is -0.912. The van der Waals surface area contributed by atoms with Crippen LogP contribution < -0.4 is 0 Å². The summed E-state index contributed by atoms with van der Waals surface area (Å²) in [6.45, 7) is 13.4. The van der Waals surface area contributed by atoms with Crippen molar-refractivity contribution in [3.05, 3.63) is 0 Å². The van der Waals surface area contributed by atoms with Crippen molar-refractivity contribution in [3.63, 3.8) is 0 Å². The molecule has 0 saturated carbocycles. The first-order chi connectivity index (χ1) is 5.57. The molecule has 1 saturated heterocycles. The summed E-state index contributed by atoms with van der Waals surface area (Å²) in [6.07, 6.45) is 0. The first kappa shape index (κ1) is 10.0. The molecule has 2 nitrogen and oxygen atoms in total. The Kier molecular flexibility index (Phi) is 3.13. The van der Waals surface area contributed by atoms with Crippen LogP contribution in [-0.4, -0.2) is 55.2 Å². The lowest BCUT2D eigenvalue weighted by Gasteiger charge is -2.42. The normalized spacial score (nSPS) is 24.8. The summed E-state index contributed by atoms with van der Waals surface area (Å²) in [5.74, 6) is 0. The van der Waals surface area contributed by atoms with Crippen LogP contribution in [0.5, 0.6) is 0 Å². The average molecular weight is 171 g/mol. The molecule has 2 heteroatoms. The van der Waals surface area contributed by atoms with Gasteiger partial charge >= 0.3 is 0 Å². The summed E-state index contributed by atoms with van der Waals surface area (Å²) in [4.78, 5) is 2.58. The maximum absolute atomic E-state index is 2.58. The minimum absolute atomic E-state index is 0.732. The molecule has 0 aromatic heterocycles. The monoisotopic (exact) mass is 171 g/mol. The zero-order chi connectivity index (χ0) is 9.19. The smallest absolute Gasteiger partial charge is 0.0914 e. The molecule has 1 aliphatic heterocycles. The van der Waals surface area contributed by atoms with Crippen molar-refractivity contribution in [2.45, 2.75) is 26.8 Å². The zero-order valence-electron chi connectivity index (χ0n) is 9.01. The highest BCUT2D eigenvalue weighted by Crippen LogP contribution is 2.11. The molecule has 12 heavy (non-hydrogen) atoms. The number of piperazine rings is 1. The summed E-state index contributed by atoms with van der Waals surface area (Å²) in [5, 5.41) is 0. The Morgan fingerprint density at radius 2 is 1.75 bits per heavy atom. The molecule has 1 heterocycles. The molecule has 1 aliphatic rings. The fraction of sp³-hybridized carbons (Fsp3) is 1.00. The van der Waals surface area contributed by atoms with E-state index in [-0.39, 0.29) is 0 Å². The van der Waals surface area contributed by atoms with E-state index in [0.29, 0.717) is 0 Å². The van der Waals surface area contributed by atoms with Crippen LogP contribution in [-0.2, 0) is 0 Å². The molecule has 72 valence electrons. The van der Waals surface area contributed by atoms with Crippen molar-refractivity contribution < 1.29 is 4.48 Å². The highest BCUT2D eigenvalue weighted by atomic mass is 15.4. The second kappa shape index (κ2) is 3.75. The van der Waals surface area contributed by atoms with Crippen molar-refractivity contribution in [2.75, 3.05) is 39.8 Å². The van der Waals surface area contributed by atoms with Gasteiger partial charge in [-0.15, -0.1) is 0 Å². The van der Waals surface area contributed by atoms with Crippen LogP contribution in [0, 0.1) is 0 Å². The third-order valence-corrected chi connectivity index (χ3v) is 3.35. The van der Waals surface area contributed by atoms with Crippen molar-refractivity contribution in [1.29, 1.82) is 0 Å². The van der Waals surface area contributed by atoms with Gasteiger partial charge in [-0.25, -0.2) is 0 Å². The predicted octanol–water partition coefficient (Wildman–Crippen LogP) is 1.18. The Labute approximate surface area is 76.7 Å². The molecule has 0 unspecified atom stereocenters. The van der Waals surface area contributed by atoms with Crippen LogP contribution >= 0.6 is 0 Å². The Morgan fingerprint density at radius 1 is 1.25 bits per heavy atom. The van der Waals surface area contributed by atoms with Crippen molar-refractivity contribution >= 4 is 0 Å². The summed E-state index contributed by atoms with van der Waals surface area (Å²) < 4.78 is 1.27. The SMILES string of the molecule is CC[N+]1(C)CCN(C(C)C)CC1. The van der Waals surface area contributed by atoms with Gasteiger partial charge in [-0.1, -0.05) is 0 Å². The lowest BCUT2D eigenvalue weighted by Crippen LogP contribution is -2.58. The summed E-state index contributed by atoms with van der Waals surface area (Å²) in [6, 6.07) is 0.732. The van der Waals surface area contributed by atoms with Gasteiger partial charge in [0.25, 0.3) is 0 Å². The molecule has 1 rings (SSSR count). The van der Waals surface area contributed by atoms with Gasteiger partial charge in [-0.2, -0.15) is 0 Å². The third-order valence-electron chi connectivity index (χ3n) is 3.35. The van der Waals surface area contributed by atoms with E-state index in [4.69, 9.17) is 0 Å². The van der Waals surface area contributed by atoms with E-state index in [0.717, 1.165) is 6.04 Å². The van der Waals surface area contributed by atoms with Gasteiger partial charge in [0.2, 0.25) is 0 Å². The molecule has 0 amide bonds. The topological polar surface area (TPSA) is 3.24 Å². The maximum atomic E-state index is 2.58. The van der Waals surface area contributed by atoms with Crippen LogP contribution in [0.4, 0.5) is 0 Å². The highest BCUT2D eigenvalue weighted by molar-refractivity contribution is 4.66. The molecule has 0 N–H and O–H groups in total. The fourth-order valence-electron chi connectivity index (χ4n) is 1.80. The first-order valence-electron chi connectivity index (χ1n) is 5.15. The van der Waals surface area contributed by atoms with Crippen LogP contribution in [0.15, 0.2) is 0 Å². The Morgan fingerprint density at radius 3 is 2.08 bits per heavy atom. The zero-order valence-corrected chi connectivity index (χ0v) is 9.01. The molecule has 0 bridgehead atoms. The molecule has 1 fully saturated rings. The fourth-order valence-corrected chi connectivity index (χ4v) is 1.80. The third kappa shape index (κ3) is 2.20. The van der Waals surface area contributed by atoms with E-state index < -0.39 is 0 Å². The second-order valence-electron chi connectivity index (χ2n) is 4.51. The van der Waals surface area contributed by atoms with Gasteiger partial charge in [-0.3, -0.25) is 4.90 Å². The van der Waals surface area contributed by atoms with Crippen LogP contribution in [0.1, 0.15) is 20.8 Å². The van der Waals surface area contributed by atoms with Crippen molar-refractivity contribution in [3.8, 4) is 0 Å². The summed E-state index contributed by atoms with van der Waals surface area (Å²) >= 11 is 0. The van der Waals surface area contributed by atoms with Gasteiger partial charge in [0.1, 0.15) is 0 Å². The van der Waals surface area contributed by atoms with Crippen LogP contribution in [0.25, 0.3) is 0 Å². The molecule has 0 spiro atoms. The minimum atomic E-state index is 0.732. The Balaban J connectivity index is 2.39. The van der Waals surface area contributed by atoms with Crippen molar-refractivity contribution in [1.82, 2.24) is 4.90 Å². The van der Waals surface area contributed by atoms with E-state index in [2.05, 4.69) is 32.7 Å². The van der Waals surface area contributed by atoms with E-state index in [1.54, 1.807) is 0 Å². The maximum Gasteiger partial charge on any atom is 0.0914 e. The largest absolute Gasteiger partial charge is 0.324 e. The first-order valence-corrected chi connectivity index (χ1v) is 5.15. The molecule has 0 atom stereocenters. The molecule has 0 aromatic carbocycles. The summed E-state index contributed by atoms with van der Waals surface area (Å²) in [5.41, 5.74) is 0. The molecular weight excluding hydrogens is 148 g/mol. The quantitative estimate of drug-likeness (QED) is 0.564. The second-order valence-corrected chi connectivity index (χ2v) is 4.51. The predicted molar refractivity (Wildman–Crippen MR) is 53.2 cm³/mol. The van der Waals surface area contributed by atoms with Gasteiger partial charge in [0, 0.05) is 19.1 Å². The van der Waals surface area contributed by atoms with Crippen LogP contribution in [0.3, 0.4) is 0 Å². The Hall–Kier alpha value is -0.0800. The van der Waals surface area contributed by atoms with Gasteiger partial charge in [-0.05, 0) is 20.8 Å². The van der Waals surface area contributed by atoms with Crippen molar-refractivity contribution in [2.24, 2.45) is 0 Å². The van der Waals surface area contributed by atoms with E-state index in [9.17, 15) is 0 Å². The standard InChI is InChI=1S/C10H23N2/c1-5-12(4)8-6-11(7-9-12)10(2)3/h10H,5-9H2,1-4H3/q+1. The van der Waals surface area contributed by atoms with Gasteiger partial charge in [0.05, 0.1) is 26.7 Å². The number of hydrogen-bond acceptors (Lipinski definition) is 1. The Bertz CT molecular complexity index is 135. The minimum Gasteiger partial charge on any atom is -0.324 e. The number of nitrogens with zero attached hydrogens (tertiary/aromatic N) is 2. The van der Waals surface area contributed by atoms with E-state index >= 15 is 0 Å². The number of quaternary nitrogens is 1. The number of rotatable bonds is 2. The summed E-state index contributed by atoms with van der Waals surface area (Å²) in [7, 11) is 2.37.